The lowest BCUT2D eigenvalue weighted by molar-refractivity contribution is -0.117. The maximum absolute atomic E-state index is 11.5. The van der Waals surface area contributed by atoms with E-state index in [2.05, 4.69) is 26.2 Å². The summed E-state index contributed by atoms with van der Waals surface area (Å²) in [7, 11) is 0. The molecule has 5 heteroatoms. The average Bonchev–Trinajstić information content (AvgIpc) is 2.28. The molecular formula is C12H12BrN3O. The van der Waals surface area contributed by atoms with Crippen molar-refractivity contribution in [3.8, 4) is 0 Å². The minimum atomic E-state index is -0.541. The van der Waals surface area contributed by atoms with E-state index < -0.39 is 6.04 Å². The Labute approximate surface area is 107 Å². The summed E-state index contributed by atoms with van der Waals surface area (Å²) in [5.74, 6) is -0.220. The summed E-state index contributed by atoms with van der Waals surface area (Å²) in [6.07, 6.45) is 1.70. The number of anilines is 1. The molecule has 1 aromatic heterocycles. The van der Waals surface area contributed by atoms with E-state index in [-0.39, 0.29) is 5.91 Å². The van der Waals surface area contributed by atoms with E-state index in [1.807, 2.05) is 24.3 Å². The summed E-state index contributed by atoms with van der Waals surface area (Å²) in [4.78, 5) is 15.8. The van der Waals surface area contributed by atoms with E-state index in [9.17, 15) is 4.79 Å². The van der Waals surface area contributed by atoms with E-state index in [4.69, 9.17) is 5.73 Å². The summed E-state index contributed by atoms with van der Waals surface area (Å²) >= 11 is 3.36. The van der Waals surface area contributed by atoms with Gasteiger partial charge in [0.05, 0.1) is 17.2 Å². The van der Waals surface area contributed by atoms with Gasteiger partial charge in [-0.1, -0.05) is 12.1 Å². The fraction of sp³-hybridized carbons (Fsp3) is 0.167. The van der Waals surface area contributed by atoms with E-state index in [1.54, 1.807) is 13.1 Å². The third kappa shape index (κ3) is 2.62. The first kappa shape index (κ1) is 12.0. The maximum Gasteiger partial charge on any atom is 0.241 e. The summed E-state index contributed by atoms with van der Waals surface area (Å²) < 4.78 is 0.903. The number of halogens is 1. The highest BCUT2D eigenvalue weighted by atomic mass is 79.9. The monoisotopic (exact) mass is 293 g/mol. The van der Waals surface area contributed by atoms with Crippen LogP contribution in [-0.4, -0.2) is 16.9 Å². The molecular weight excluding hydrogens is 282 g/mol. The molecule has 1 atom stereocenters. The number of pyridine rings is 1. The van der Waals surface area contributed by atoms with Gasteiger partial charge in [-0.3, -0.25) is 9.78 Å². The third-order valence-corrected chi connectivity index (χ3v) is 2.78. The number of hydrogen-bond acceptors (Lipinski definition) is 3. The molecule has 0 aliphatic carbocycles. The van der Waals surface area contributed by atoms with Crippen LogP contribution in [-0.2, 0) is 4.79 Å². The minimum Gasteiger partial charge on any atom is -0.323 e. The van der Waals surface area contributed by atoms with Crippen molar-refractivity contribution in [1.29, 1.82) is 0 Å². The lowest BCUT2D eigenvalue weighted by Crippen LogP contribution is -2.32. The third-order valence-electron chi connectivity index (χ3n) is 2.35. The Hall–Kier alpha value is -1.46. The second-order valence-electron chi connectivity index (χ2n) is 3.81. The van der Waals surface area contributed by atoms with Crippen molar-refractivity contribution in [2.75, 3.05) is 5.32 Å². The number of aromatic nitrogens is 1. The smallest absolute Gasteiger partial charge is 0.241 e. The normalized spacial score (nSPS) is 12.4. The molecule has 0 aliphatic rings. The zero-order valence-electron chi connectivity index (χ0n) is 9.27. The summed E-state index contributed by atoms with van der Waals surface area (Å²) in [6, 6.07) is 7.02. The van der Waals surface area contributed by atoms with Gasteiger partial charge < -0.3 is 11.1 Å². The molecule has 0 aliphatic heterocycles. The number of para-hydroxylation sites is 1. The van der Waals surface area contributed by atoms with Gasteiger partial charge in [0.15, 0.2) is 0 Å². The van der Waals surface area contributed by atoms with Gasteiger partial charge in [-0.2, -0.15) is 0 Å². The van der Waals surface area contributed by atoms with Gasteiger partial charge in [0.2, 0.25) is 5.91 Å². The molecule has 1 amide bonds. The Morgan fingerprint density at radius 2 is 2.29 bits per heavy atom. The Bertz CT molecular complexity index is 569. The summed E-state index contributed by atoms with van der Waals surface area (Å²) in [5.41, 5.74) is 6.94. The lowest BCUT2D eigenvalue weighted by Gasteiger charge is -2.09. The second kappa shape index (κ2) is 4.81. The highest BCUT2D eigenvalue weighted by Gasteiger charge is 2.10. The van der Waals surface area contributed by atoms with Crippen LogP contribution in [0.5, 0.6) is 0 Å². The number of nitrogens with zero attached hydrogens (tertiary/aromatic N) is 1. The minimum absolute atomic E-state index is 0.220. The van der Waals surface area contributed by atoms with Crippen LogP contribution in [0.1, 0.15) is 6.92 Å². The molecule has 88 valence electrons. The average molecular weight is 294 g/mol. The SMILES string of the molecule is C[C@@H](N)C(=O)Nc1cccc2cc(Br)cnc12. The van der Waals surface area contributed by atoms with Gasteiger partial charge in [0.25, 0.3) is 0 Å². The van der Waals surface area contributed by atoms with Crippen LogP contribution < -0.4 is 11.1 Å². The summed E-state index contributed by atoms with van der Waals surface area (Å²) in [5, 5.41) is 3.72. The predicted octanol–water partition coefficient (Wildman–Crippen LogP) is 2.28. The Morgan fingerprint density at radius 1 is 1.53 bits per heavy atom. The van der Waals surface area contributed by atoms with Gasteiger partial charge in [-0.25, -0.2) is 0 Å². The molecule has 17 heavy (non-hydrogen) atoms. The molecule has 0 saturated carbocycles. The van der Waals surface area contributed by atoms with Crippen LogP contribution >= 0.6 is 15.9 Å². The largest absolute Gasteiger partial charge is 0.323 e. The van der Waals surface area contributed by atoms with Gasteiger partial charge in [-0.15, -0.1) is 0 Å². The number of carbonyl (C=O) groups is 1. The zero-order chi connectivity index (χ0) is 12.4. The number of rotatable bonds is 2. The number of benzene rings is 1. The molecule has 2 rings (SSSR count). The van der Waals surface area contributed by atoms with Crippen LogP contribution in [0.3, 0.4) is 0 Å². The number of nitrogens with one attached hydrogen (secondary N) is 1. The number of nitrogens with two attached hydrogens (primary N) is 1. The molecule has 3 N–H and O–H groups in total. The van der Waals surface area contributed by atoms with E-state index in [0.717, 1.165) is 15.4 Å². The molecule has 0 spiro atoms. The van der Waals surface area contributed by atoms with Crippen LogP contribution in [0.15, 0.2) is 34.9 Å². The van der Waals surface area contributed by atoms with Crippen LogP contribution in [0.4, 0.5) is 5.69 Å². The second-order valence-corrected chi connectivity index (χ2v) is 4.72. The number of amides is 1. The first-order valence-corrected chi connectivity index (χ1v) is 5.98. The van der Waals surface area contributed by atoms with E-state index >= 15 is 0 Å². The van der Waals surface area contributed by atoms with Gasteiger partial charge in [-0.05, 0) is 35.0 Å². The summed E-state index contributed by atoms with van der Waals surface area (Å²) in [6.45, 7) is 1.64. The number of carbonyl (C=O) groups excluding carboxylic acids is 1. The molecule has 0 bridgehead atoms. The highest BCUT2D eigenvalue weighted by molar-refractivity contribution is 9.10. The zero-order valence-corrected chi connectivity index (χ0v) is 10.9. The fourth-order valence-electron chi connectivity index (χ4n) is 1.48. The highest BCUT2D eigenvalue weighted by Crippen LogP contribution is 2.23. The topological polar surface area (TPSA) is 68.0 Å². The first-order valence-electron chi connectivity index (χ1n) is 5.18. The van der Waals surface area contributed by atoms with Crippen molar-refractivity contribution in [1.82, 2.24) is 4.98 Å². The molecule has 1 heterocycles. The Kier molecular flexibility index (Phi) is 3.40. The van der Waals surface area contributed by atoms with Crippen molar-refractivity contribution in [2.45, 2.75) is 13.0 Å². The van der Waals surface area contributed by atoms with E-state index in [0.29, 0.717) is 5.69 Å². The first-order chi connectivity index (χ1) is 8.08. The Balaban J connectivity index is 2.44. The standard InChI is InChI=1S/C12H12BrN3O/c1-7(14)12(17)16-10-4-2-3-8-5-9(13)6-15-11(8)10/h2-7H,14H2,1H3,(H,16,17)/t7-/m1/s1. The van der Waals surface area contributed by atoms with E-state index in [1.165, 1.54) is 0 Å². The number of hydrogen-bond donors (Lipinski definition) is 2. The van der Waals surface area contributed by atoms with Crippen LogP contribution in [0.25, 0.3) is 10.9 Å². The van der Waals surface area contributed by atoms with Crippen LogP contribution in [0.2, 0.25) is 0 Å². The van der Waals surface area contributed by atoms with Crippen molar-refractivity contribution < 1.29 is 4.79 Å². The number of fused-ring (bicyclic) bond motifs is 1. The van der Waals surface area contributed by atoms with Gasteiger partial charge in [0.1, 0.15) is 0 Å². The van der Waals surface area contributed by atoms with Crippen molar-refractivity contribution in [3.05, 3.63) is 34.9 Å². The Morgan fingerprint density at radius 3 is 3.00 bits per heavy atom. The maximum atomic E-state index is 11.5. The molecule has 2 aromatic rings. The van der Waals surface area contributed by atoms with Gasteiger partial charge in [0, 0.05) is 16.1 Å². The van der Waals surface area contributed by atoms with Gasteiger partial charge >= 0.3 is 0 Å². The van der Waals surface area contributed by atoms with Crippen LogP contribution in [0, 0.1) is 0 Å². The van der Waals surface area contributed by atoms with Crippen molar-refractivity contribution in [2.24, 2.45) is 5.73 Å². The fourth-order valence-corrected chi connectivity index (χ4v) is 1.83. The molecule has 4 nitrogen and oxygen atoms in total. The molecule has 0 fully saturated rings. The quantitative estimate of drug-likeness (QED) is 0.893. The van der Waals surface area contributed by atoms with Crippen molar-refractivity contribution in [3.63, 3.8) is 0 Å². The molecule has 0 radical (unpaired) electrons. The molecule has 1 aromatic carbocycles. The molecule has 0 unspecified atom stereocenters. The molecule has 0 saturated heterocycles. The lowest BCUT2D eigenvalue weighted by atomic mass is 10.2. The predicted molar refractivity (Wildman–Crippen MR) is 71.7 cm³/mol. The van der Waals surface area contributed by atoms with Crippen molar-refractivity contribution >= 4 is 38.4 Å².